The lowest BCUT2D eigenvalue weighted by Gasteiger charge is -2.39. The number of piperazine rings is 1. The maximum absolute atomic E-state index is 12.9. The van der Waals surface area contributed by atoms with Gasteiger partial charge in [0.1, 0.15) is 0 Å². The molecule has 1 aromatic carbocycles. The van der Waals surface area contributed by atoms with Crippen LogP contribution in [0.4, 0.5) is 5.69 Å². The third kappa shape index (κ3) is 4.62. The Bertz CT molecular complexity index is 817. The van der Waals surface area contributed by atoms with E-state index in [0.717, 1.165) is 13.1 Å². The molecule has 2 fully saturated rings. The van der Waals surface area contributed by atoms with Crippen LogP contribution in [-0.4, -0.2) is 67.2 Å². The van der Waals surface area contributed by atoms with Crippen LogP contribution in [0.25, 0.3) is 0 Å². The number of benzene rings is 1. The SMILES string of the molecule is CC1CNCCN1C(=O)C1CCCN(S(=O)(=O)c2ccc([N+](=O)[O-])cc2)C1.Cl. The highest BCUT2D eigenvalue weighted by molar-refractivity contribution is 7.89. The second kappa shape index (κ2) is 9.17. The quantitative estimate of drug-likeness (QED) is 0.565. The number of non-ortho nitro benzene ring substituents is 1. The smallest absolute Gasteiger partial charge is 0.269 e. The van der Waals surface area contributed by atoms with Crippen LogP contribution in [0.5, 0.6) is 0 Å². The van der Waals surface area contributed by atoms with E-state index in [4.69, 9.17) is 0 Å². The number of hydrogen-bond donors (Lipinski definition) is 1. The highest BCUT2D eigenvalue weighted by Crippen LogP contribution is 2.26. The Kier molecular flexibility index (Phi) is 7.38. The number of halogens is 1. The minimum atomic E-state index is -3.79. The number of hydrogen-bond acceptors (Lipinski definition) is 6. The molecule has 2 unspecified atom stereocenters. The lowest BCUT2D eigenvalue weighted by Crippen LogP contribution is -2.55. The summed E-state index contributed by atoms with van der Waals surface area (Å²) in [6.07, 6.45) is 1.28. The molecule has 1 N–H and O–H groups in total. The number of nitrogens with zero attached hydrogens (tertiary/aromatic N) is 3. The molecule has 11 heteroatoms. The monoisotopic (exact) mass is 432 g/mol. The fourth-order valence-electron chi connectivity index (χ4n) is 3.65. The molecule has 2 saturated heterocycles. The maximum atomic E-state index is 12.9. The second-order valence-corrected chi connectivity index (χ2v) is 8.98. The van der Waals surface area contributed by atoms with Crippen molar-refractivity contribution >= 4 is 34.0 Å². The first-order chi connectivity index (χ1) is 12.8. The van der Waals surface area contributed by atoms with Gasteiger partial charge in [-0.3, -0.25) is 14.9 Å². The maximum Gasteiger partial charge on any atom is 0.269 e. The van der Waals surface area contributed by atoms with Crippen LogP contribution in [0, 0.1) is 16.0 Å². The van der Waals surface area contributed by atoms with Gasteiger partial charge in [0.25, 0.3) is 5.69 Å². The van der Waals surface area contributed by atoms with E-state index in [1.807, 2.05) is 11.8 Å². The summed E-state index contributed by atoms with van der Waals surface area (Å²) in [5.74, 6) is -0.347. The molecule has 2 atom stereocenters. The molecule has 0 spiro atoms. The molecule has 156 valence electrons. The Labute approximate surface area is 170 Å². The van der Waals surface area contributed by atoms with E-state index in [1.54, 1.807) is 0 Å². The fraction of sp³-hybridized carbons (Fsp3) is 0.588. The van der Waals surface area contributed by atoms with E-state index >= 15 is 0 Å². The van der Waals surface area contributed by atoms with Gasteiger partial charge in [0, 0.05) is 50.9 Å². The summed E-state index contributed by atoms with van der Waals surface area (Å²) in [4.78, 5) is 24.9. The van der Waals surface area contributed by atoms with Crippen molar-refractivity contribution in [2.24, 2.45) is 5.92 Å². The van der Waals surface area contributed by atoms with E-state index in [0.29, 0.717) is 25.9 Å². The molecule has 2 aliphatic heterocycles. The number of nitrogens with one attached hydrogen (secondary N) is 1. The van der Waals surface area contributed by atoms with Crippen LogP contribution < -0.4 is 5.32 Å². The van der Waals surface area contributed by atoms with E-state index in [-0.39, 0.29) is 47.4 Å². The molecule has 0 bridgehead atoms. The number of nitro groups is 1. The zero-order chi connectivity index (χ0) is 19.6. The Hall–Kier alpha value is -1.75. The van der Waals surface area contributed by atoms with Gasteiger partial charge in [-0.05, 0) is 31.9 Å². The van der Waals surface area contributed by atoms with Crippen molar-refractivity contribution in [3.8, 4) is 0 Å². The van der Waals surface area contributed by atoms with Crippen molar-refractivity contribution in [3.63, 3.8) is 0 Å². The molecule has 2 aliphatic rings. The highest BCUT2D eigenvalue weighted by Gasteiger charge is 2.36. The standard InChI is InChI=1S/C17H24N4O5S.ClH/c1-13-11-18-8-10-20(13)17(22)14-3-2-9-19(12-14)27(25,26)16-6-4-15(5-7-16)21(23)24;/h4-7,13-14,18H,2-3,8-12H2,1H3;1H. The van der Waals surface area contributed by atoms with Crippen molar-refractivity contribution in [2.45, 2.75) is 30.7 Å². The predicted octanol–water partition coefficient (Wildman–Crippen LogP) is 1.24. The number of carbonyl (C=O) groups excluding carboxylic acids is 1. The van der Waals surface area contributed by atoms with E-state index < -0.39 is 14.9 Å². The van der Waals surface area contributed by atoms with E-state index in [2.05, 4.69) is 5.32 Å². The lowest BCUT2D eigenvalue weighted by molar-refractivity contribution is -0.384. The highest BCUT2D eigenvalue weighted by atomic mass is 35.5. The minimum absolute atomic E-state index is 0. The van der Waals surface area contributed by atoms with Crippen LogP contribution >= 0.6 is 12.4 Å². The van der Waals surface area contributed by atoms with Gasteiger partial charge in [-0.15, -0.1) is 12.4 Å². The Balaban J connectivity index is 0.00000280. The minimum Gasteiger partial charge on any atom is -0.337 e. The zero-order valence-electron chi connectivity index (χ0n) is 15.6. The van der Waals surface area contributed by atoms with Gasteiger partial charge in [0.05, 0.1) is 15.7 Å². The summed E-state index contributed by atoms with van der Waals surface area (Å²) < 4.78 is 27.1. The third-order valence-corrected chi connectivity index (χ3v) is 7.08. The first kappa shape index (κ1) is 22.5. The topological polar surface area (TPSA) is 113 Å². The Morgan fingerprint density at radius 1 is 1.25 bits per heavy atom. The largest absolute Gasteiger partial charge is 0.337 e. The summed E-state index contributed by atoms with van der Waals surface area (Å²) in [5, 5.41) is 14.0. The lowest BCUT2D eigenvalue weighted by atomic mass is 9.97. The number of rotatable bonds is 4. The molecule has 28 heavy (non-hydrogen) atoms. The van der Waals surface area contributed by atoms with Crippen LogP contribution in [-0.2, 0) is 14.8 Å². The number of piperidine rings is 1. The first-order valence-electron chi connectivity index (χ1n) is 9.06. The van der Waals surface area contributed by atoms with Gasteiger partial charge in [-0.25, -0.2) is 8.42 Å². The van der Waals surface area contributed by atoms with Crippen LogP contribution in [0.2, 0.25) is 0 Å². The van der Waals surface area contributed by atoms with Gasteiger partial charge in [-0.2, -0.15) is 4.31 Å². The summed E-state index contributed by atoms with van der Waals surface area (Å²) in [7, 11) is -3.79. The van der Waals surface area contributed by atoms with E-state index in [9.17, 15) is 23.3 Å². The number of sulfonamides is 1. The molecule has 9 nitrogen and oxygen atoms in total. The Morgan fingerprint density at radius 3 is 2.54 bits per heavy atom. The van der Waals surface area contributed by atoms with Crippen molar-refractivity contribution < 1.29 is 18.1 Å². The number of amides is 1. The predicted molar refractivity (Wildman–Crippen MR) is 106 cm³/mol. The molecule has 0 radical (unpaired) electrons. The second-order valence-electron chi connectivity index (χ2n) is 7.04. The molecule has 0 saturated carbocycles. The molecule has 2 heterocycles. The fourth-order valence-corrected chi connectivity index (χ4v) is 5.18. The molecule has 1 aromatic rings. The molecular formula is C17H25ClN4O5S. The summed E-state index contributed by atoms with van der Waals surface area (Å²) in [6.45, 7) is 4.59. The normalized spacial score (nSPS) is 23.7. The molecule has 0 aliphatic carbocycles. The average Bonchev–Trinajstić information content (AvgIpc) is 2.68. The molecular weight excluding hydrogens is 408 g/mol. The van der Waals surface area contributed by atoms with Gasteiger partial charge in [-0.1, -0.05) is 0 Å². The van der Waals surface area contributed by atoms with Crippen molar-refractivity contribution in [2.75, 3.05) is 32.7 Å². The molecule has 3 rings (SSSR count). The van der Waals surface area contributed by atoms with Crippen molar-refractivity contribution in [1.29, 1.82) is 0 Å². The van der Waals surface area contributed by atoms with Crippen molar-refractivity contribution in [3.05, 3.63) is 34.4 Å². The number of nitro benzene ring substituents is 1. The summed E-state index contributed by atoms with van der Waals surface area (Å²) in [5.41, 5.74) is -0.159. The summed E-state index contributed by atoms with van der Waals surface area (Å²) in [6, 6.07) is 4.95. The van der Waals surface area contributed by atoms with Gasteiger partial charge >= 0.3 is 0 Å². The van der Waals surface area contributed by atoms with Crippen LogP contribution in [0.3, 0.4) is 0 Å². The third-order valence-electron chi connectivity index (χ3n) is 5.20. The van der Waals surface area contributed by atoms with E-state index in [1.165, 1.54) is 28.6 Å². The molecule has 1 amide bonds. The summed E-state index contributed by atoms with van der Waals surface area (Å²) >= 11 is 0. The van der Waals surface area contributed by atoms with Crippen LogP contribution in [0.1, 0.15) is 19.8 Å². The van der Waals surface area contributed by atoms with Crippen LogP contribution in [0.15, 0.2) is 29.2 Å². The Morgan fingerprint density at radius 2 is 1.93 bits per heavy atom. The average molecular weight is 433 g/mol. The van der Waals surface area contributed by atoms with Crippen molar-refractivity contribution in [1.82, 2.24) is 14.5 Å². The van der Waals surface area contributed by atoms with Gasteiger partial charge < -0.3 is 10.2 Å². The molecule has 0 aromatic heterocycles. The van der Waals surface area contributed by atoms with Gasteiger partial charge in [0.15, 0.2) is 0 Å². The van der Waals surface area contributed by atoms with Gasteiger partial charge in [0.2, 0.25) is 15.9 Å². The first-order valence-corrected chi connectivity index (χ1v) is 10.5. The number of carbonyl (C=O) groups is 1. The zero-order valence-corrected chi connectivity index (χ0v) is 17.2.